The summed E-state index contributed by atoms with van der Waals surface area (Å²) in [5.41, 5.74) is 0.725. The highest BCUT2D eigenvalue weighted by atomic mass is 16.4. The first-order valence-electron chi connectivity index (χ1n) is 4.65. The molecule has 0 heterocycles. The van der Waals surface area contributed by atoms with Crippen LogP contribution in [0.5, 0.6) is 0 Å². The minimum absolute atomic E-state index is 0.136. The molecule has 0 spiro atoms. The first kappa shape index (κ1) is 11.9. The number of unbranched alkanes of at least 4 members (excludes halogenated alkanes) is 1. The topological polar surface area (TPSA) is 54.4 Å². The average Bonchev–Trinajstić information content (AvgIpc) is 2.10. The van der Waals surface area contributed by atoms with Crippen LogP contribution >= 0.6 is 0 Å². The predicted octanol–water partition coefficient (Wildman–Crippen LogP) is 2.19. The van der Waals surface area contributed by atoms with Gasteiger partial charge in [0, 0.05) is 12.0 Å². The number of carboxylic acid groups (broad SMARTS) is 1. The second-order valence-electron chi connectivity index (χ2n) is 3.06. The molecule has 13 heavy (non-hydrogen) atoms. The lowest BCUT2D eigenvalue weighted by molar-refractivity contribution is -0.137. The maximum absolute atomic E-state index is 10.4. The van der Waals surface area contributed by atoms with Gasteiger partial charge in [-0.05, 0) is 25.7 Å². The number of allylic oxidation sites excluding steroid dienone is 1. The van der Waals surface area contributed by atoms with Gasteiger partial charge in [-0.2, -0.15) is 0 Å². The predicted molar refractivity (Wildman–Crippen MR) is 50.2 cm³/mol. The van der Waals surface area contributed by atoms with E-state index >= 15 is 0 Å². The van der Waals surface area contributed by atoms with Gasteiger partial charge in [-0.15, -0.1) is 0 Å². The van der Waals surface area contributed by atoms with E-state index in [9.17, 15) is 9.59 Å². The number of aliphatic carboxylic acids is 1. The Balaban J connectivity index is 3.61. The largest absolute Gasteiger partial charge is 0.481 e. The molecule has 0 aliphatic carbocycles. The number of carboxylic acids is 1. The number of carbonyl (C=O) groups is 1. The van der Waals surface area contributed by atoms with Crippen molar-refractivity contribution >= 4 is 11.9 Å². The standard InChI is InChI=1S/C10H16O3/c1-2-3-5-9(8-11)6-4-7-10(12)13/h2-7H2,1H3,(H,12,13). The van der Waals surface area contributed by atoms with Crippen molar-refractivity contribution in [3.63, 3.8) is 0 Å². The molecule has 0 aliphatic rings. The third-order valence-electron chi connectivity index (χ3n) is 1.85. The van der Waals surface area contributed by atoms with E-state index in [0.29, 0.717) is 12.8 Å². The van der Waals surface area contributed by atoms with Crippen LogP contribution < -0.4 is 0 Å². The highest BCUT2D eigenvalue weighted by Gasteiger charge is 2.01. The van der Waals surface area contributed by atoms with Gasteiger partial charge in [0.1, 0.15) is 5.94 Å². The molecule has 3 heteroatoms. The van der Waals surface area contributed by atoms with Crippen LogP contribution in [0.2, 0.25) is 0 Å². The van der Waals surface area contributed by atoms with Gasteiger partial charge < -0.3 is 5.11 Å². The summed E-state index contributed by atoms with van der Waals surface area (Å²) in [7, 11) is 0. The Labute approximate surface area is 78.5 Å². The summed E-state index contributed by atoms with van der Waals surface area (Å²) in [6, 6.07) is 0. The minimum atomic E-state index is -0.805. The van der Waals surface area contributed by atoms with Gasteiger partial charge in [0.15, 0.2) is 0 Å². The Bertz CT molecular complexity index is 202. The van der Waals surface area contributed by atoms with Gasteiger partial charge >= 0.3 is 5.97 Å². The molecule has 74 valence electrons. The van der Waals surface area contributed by atoms with Crippen molar-refractivity contribution in [3.05, 3.63) is 5.57 Å². The molecule has 1 N–H and O–H groups in total. The average molecular weight is 184 g/mol. The molecule has 0 bridgehead atoms. The van der Waals surface area contributed by atoms with E-state index in [2.05, 4.69) is 6.92 Å². The van der Waals surface area contributed by atoms with Crippen LogP contribution in [0.25, 0.3) is 0 Å². The molecule has 0 rings (SSSR count). The lowest BCUT2D eigenvalue weighted by atomic mass is 10.0. The summed E-state index contributed by atoms with van der Waals surface area (Å²) in [6.07, 6.45) is 4.05. The molecule has 0 radical (unpaired) electrons. The zero-order chi connectivity index (χ0) is 10.1. The highest BCUT2D eigenvalue weighted by Crippen LogP contribution is 2.11. The summed E-state index contributed by atoms with van der Waals surface area (Å²) < 4.78 is 0. The summed E-state index contributed by atoms with van der Waals surface area (Å²) in [6.45, 7) is 2.06. The third-order valence-corrected chi connectivity index (χ3v) is 1.85. The molecule has 0 aromatic rings. The zero-order valence-corrected chi connectivity index (χ0v) is 8.01. The van der Waals surface area contributed by atoms with Gasteiger partial charge in [0.05, 0.1) is 0 Å². The number of carbonyl (C=O) groups excluding carboxylic acids is 1. The van der Waals surface area contributed by atoms with E-state index in [1.807, 2.05) is 5.94 Å². The Morgan fingerprint density at radius 2 is 1.85 bits per heavy atom. The quantitative estimate of drug-likeness (QED) is 0.617. The fourth-order valence-electron chi connectivity index (χ4n) is 1.07. The summed E-state index contributed by atoms with van der Waals surface area (Å²) in [5.74, 6) is 1.08. The molecule has 0 aromatic carbocycles. The van der Waals surface area contributed by atoms with Gasteiger partial charge in [0.25, 0.3) is 0 Å². The normalized spacial score (nSPS) is 9.31. The van der Waals surface area contributed by atoms with Gasteiger partial charge in [-0.3, -0.25) is 4.79 Å². The molecule has 0 aromatic heterocycles. The molecule has 0 atom stereocenters. The zero-order valence-electron chi connectivity index (χ0n) is 8.01. The van der Waals surface area contributed by atoms with E-state index in [1.54, 1.807) is 0 Å². The molecule has 0 saturated carbocycles. The molecular formula is C10H16O3. The first-order valence-corrected chi connectivity index (χ1v) is 4.65. The number of hydrogen-bond acceptors (Lipinski definition) is 2. The maximum Gasteiger partial charge on any atom is 0.303 e. The fourth-order valence-corrected chi connectivity index (χ4v) is 1.07. The van der Waals surface area contributed by atoms with Gasteiger partial charge in [-0.25, -0.2) is 4.79 Å². The summed E-state index contributed by atoms with van der Waals surface area (Å²) >= 11 is 0. The number of rotatable bonds is 7. The van der Waals surface area contributed by atoms with Gasteiger partial charge in [0.2, 0.25) is 0 Å². The van der Waals surface area contributed by atoms with Crippen LogP contribution in [-0.2, 0) is 9.59 Å². The van der Waals surface area contributed by atoms with Gasteiger partial charge in [-0.1, -0.05) is 13.3 Å². The molecule has 0 unspecified atom stereocenters. The number of hydrogen-bond donors (Lipinski definition) is 1. The summed E-state index contributed by atoms with van der Waals surface area (Å²) in [4.78, 5) is 20.6. The van der Waals surface area contributed by atoms with Crippen LogP contribution in [0, 0.1) is 0 Å². The van der Waals surface area contributed by atoms with Crippen molar-refractivity contribution < 1.29 is 14.7 Å². The van der Waals surface area contributed by atoms with E-state index < -0.39 is 5.97 Å². The lowest BCUT2D eigenvalue weighted by Gasteiger charge is -1.99. The van der Waals surface area contributed by atoms with Crippen LogP contribution in [0.1, 0.15) is 45.4 Å². The maximum atomic E-state index is 10.4. The van der Waals surface area contributed by atoms with E-state index in [4.69, 9.17) is 5.11 Å². The van der Waals surface area contributed by atoms with Crippen LogP contribution in [0.4, 0.5) is 0 Å². The molecule has 0 saturated heterocycles. The first-order chi connectivity index (χ1) is 6.20. The van der Waals surface area contributed by atoms with Crippen molar-refractivity contribution in [3.8, 4) is 0 Å². The van der Waals surface area contributed by atoms with E-state index in [1.165, 1.54) is 0 Å². The molecule has 0 aliphatic heterocycles. The minimum Gasteiger partial charge on any atom is -0.481 e. The van der Waals surface area contributed by atoms with Crippen molar-refractivity contribution in [2.75, 3.05) is 0 Å². The lowest BCUT2D eigenvalue weighted by Crippen LogP contribution is -1.95. The smallest absolute Gasteiger partial charge is 0.303 e. The SMILES string of the molecule is CCCCC(=C=O)CCCC(=O)O. The second kappa shape index (κ2) is 7.56. The second-order valence-corrected chi connectivity index (χ2v) is 3.06. The molecule has 0 amide bonds. The molecular weight excluding hydrogens is 168 g/mol. The third kappa shape index (κ3) is 7.29. The Kier molecular flexibility index (Phi) is 6.93. The fraction of sp³-hybridized carbons (Fsp3) is 0.700. The van der Waals surface area contributed by atoms with Crippen molar-refractivity contribution in [1.82, 2.24) is 0 Å². The van der Waals surface area contributed by atoms with Crippen LogP contribution in [0.3, 0.4) is 0 Å². The Morgan fingerprint density at radius 3 is 2.31 bits per heavy atom. The van der Waals surface area contributed by atoms with Crippen molar-refractivity contribution in [2.24, 2.45) is 0 Å². The monoisotopic (exact) mass is 184 g/mol. The Morgan fingerprint density at radius 1 is 1.23 bits per heavy atom. The van der Waals surface area contributed by atoms with Crippen molar-refractivity contribution in [2.45, 2.75) is 45.4 Å². The van der Waals surface area contributed by atoms with Crippen molar-refractivity contribution in [1.29, 1.82) is 0 Å². The molecule has 3 nitrogen and oxygen atoms in total. The summed E-state index contributed by atoms with van der Waals surface area (Å²) in [5, 5.41) is 8.37. The Hall–Kier alpha value is -1.08. The van der Waals surface area contributed by atoms with Crippen LogP contribution in [-0.4, -0.2) is 17.0 Å². The van der Waals surface area contributed by atoms with E-state index in [0.717, 1.165) is 24.8 Å². The highest BCUT2D eigenvalue weighted by molar-refractivity contribution is 5.66. The molecule has 0 fully saturated rings. The van der Waals surface area contributed by atoms with Crippen LogP contribution in [0.15, 0.2) is 5.57 Å². The van der Waals surface area contributed by atoms with E-state index in [-0.39, 0.29) is 6.42 Å².